The van der Waals surface area contributed by atoms with Crippen molar-refractivity contribution in [3.8, 4) is 16.3 Å². The zero-order valence-corrected chi connectivity index (χ0v) is 15.5. The summed E-state index contributed by atoms with van der Waals surface area (Å²) >= 11 is 1.40. The van der Waals surface area contributed by atoms with E-state index in [0.717, 1.165) is 16.6 Å². The van der Waals surface area contributed by atoms with E-state index < -0.39 is 15.8 Å². The van der Waals surface area contributed by atoms with Crippen LogP contribution in [0.25, 0.3) is 16.3 Å². The van der Waals surface area contributed by atoms with Crippen LogP contribution in [0.15, 0.2) is 83.2 Å². The SMILES string of the molecule is O=S(=O)(Nc1cccc(F)c1)c1cn(-c2ccccc2)nc1-c1cccs1. The Bertz CT molecular complexity index is 1170. The molecule has 0 bridgehead atoms. The standard InChI is InChI=1S/C19H14FN3O2S2/c20-14-6-4-7-15(12-14)22-27(24,25)18-13-23(16-8-2-1-3-9-16)21-19(18)17-10-5-11-26-17/h1-13,22H. The van der Waals surface area contributed by atoms with Crippen molar-refractivity contribution >= 4 is 27.0 Å². The highest BCUT2D eigenvalue weighted by Crippen LogP contribution is 2.31. The second-order valence-corrected chi connectivity index (χ2v) is 8.31. The molecule has 4 rings (SSSR count). The van der Waals surface area contributed by atoms with E-state index in [4.69, 9.17) is 0 Å². The van der Waals surface area contributed by atoms with Gasteiger partial charge in [0, 0.05) is 0 Å². The van der Waals surface area contributed by atoms with Gasteiger partial charge in [0.05, 0.1) is 22.4 Å². The average Bonchev–Trinajstić information content (AvgIpc) is 3.32. The molecule has 0 radical (unpaired) electrons. The number of nitrogens with zero attached hydrogens (tertiary/aromatic N) is 2. The van der Waals surface area contributed by atoms with Gasteiger partial charge in [-0.1, -0.05) is 30.3 Å². The molecule has 2 heterocycles. The lowest BCUT2D eigenvalue weighted by atomic mass is 10.3. The molecule has 1 N–H and O–H groups in total. The van der Waals surface area contributed by atoms with E-state index in [1.807, 2.05) is 47.8 Å². The van der Waals surface area contributed by atoms with Gasteiger partial charge >= 0.3 is 0 Å². The summed E-state index contributed by atoms with van der Waals surface area (Å²) < 4.78 is 43.4. The molecule has 27 heavy (non-hydrogen) atoms. The minimum atomic E-state index is -3.97. The van der Waals surface area contributed by atoms with Crippen molar-refractivity contribution in [1.29, 1.82) is 0 Å². The van der Waals surface area contributed by atoms with Gasteiger partial charge in [0.2, 0.25) is 0 Å². The Balaban J connectivity index is 1.82. The first kappa shape index (κ1) is 17.4. The normalized spacial score (nSPS) is 11.4. The van der Waals surface area contributed by atoms with Crippen LogP contribution in [0.4, 0.5) is 10.1 Å². The quantitative estimate of drug-likeness (QED) is 0.536. The zero-order valence-electron chi connectivity index (χ0n) is 13.9. The molecule has 8 heteroatoms. The van der Waals surface area contributed by atoms with Crippen LogP contribution in [0, 0.1) is 5.82 Å². The summed E-state index contributed by atoms with van der Waals surface area (Å²) in [6.45, 7) is 0. The number of aromatic nitrogens is 2. The largest absolute Gasteiger partial charge is 0.279 e. The Morgan fingerprint density at radius 1 is 1.00 bits per heavy atom. The molecule has 0 spiro atoms. The smallest absolute Gasteiger partial charge is 0.265 e. The van der Waals surface area contributed by atoms with Gasteiger partial charge < -0.3 is 0 Å². The summed E-state index contributed by atoms with van der Waals surface area (Å²) in [6, 6.07) is 18.2. The number of hydrogen-bond donors (Lipinski definition) is 1. The second-order valence-electron chi connectivity index (χ2n) is 5.72. The van der Waals surface area contributed by atoms with E-state index >= 15 is 0 Å². The highest BCUT2D eigenvalue weighted by molar-refractivity contribution is 7.92. The van der Waals surface area contributed by atoms with Gasteiger partial charge in [-0.05, 0) is 41.8 Å². The third-order valence-corrected chi connectivity index (χ3v) is 6.08. The monoisotopic (exact) mass is 399 g/mol. The summed E-state index contributed by atoms with van der Waals surface area (Å²) in [6.07, 6.45) is 1.46. The summed E-state index contributed by atoms with van der Waals surface area (Å²) in [5.41, 5.74) is 1.24. The third kappa shape index (κ3) is 3.62. The lowest BCUT2D eigenvalue weighted by molar-refractivity contribution is 0.601. The maximum Gasteiger partial charge on any atom is 0.265 e. The van der Waals surface area contributed by atoms with Crippen LogP contribution in [0.5, 0.6) is 0 Å². The van der Waals surface area contributed by atoms with Gasteiger partial charge in [-0.2, -0.15) is 5.10 Å². The van der Waals surface area contributed by atoms with E-state index in [0.29, 0.717) is 5.69 Å². The fourth-order valence-corrected chi connectivity index (χ4v) is 4.59. The molecule has 0 amide bonds. The van der Waals surface area contributed by atoms with Crippen LogP contribution < -0.4 is 4.72 Å². The van der Waals surface area contributed by atoms with E-state index in [1.165, 1.54) is 40.4 Å². The fourth-order valence-electron chi connectivity index (χ4n) is 2.61. The first-order valence-corrected chi connectivity index (χ1v) is 10.4. The van der Waals surface area contributed by atoms with Gasteiger partial charge in [0.15, 0.2) is 0 Å². The lowest BCUT2D eigenvalue weighted by Gasteiger charge is -2.07. The van der Waals surface area contributed by atoms with Crippen molar-refractivity contribution in [2.45, 2.75) is 4.90 Å². The topological polar surface area (TPSA) is 64.0 Å². The average molecular weight is 399 g/mol. The fraction of sp³-hybridized carbons (Fsp3) is 0. The molecule has 0 atom stereocenters. The van der Waals surface area contributed by atoms with E-state index in [-0.39, 0.29) is 10.6 Å². The molecule has 0 unspecified atom stereocenters. The number of halogens is 1. The van der Waals surface area contributed by atoms with Crippen molar-refractivity contribution < 1.29 is 12.8 Å². The number of sulfonamides is 1. The Labute approximate surface area is 159 Å². The molecule has 4 aromatic rings. The summed E-state index contributed by atoms with van der Waals surface area (Å²) in [4.78, 5) is 0.752. The first-order chi connectivity index (χ1) is 13.0. The van der Waals surface area contributed by atoms with E-state index in [1.54, 1.807) is 0 Å². The molecular formula is C19H14FN3O2S2. The van der Waals surface area contributed by atoms with Gasteiger partial charge in [-0.25, -0.2) is 17.5 Å². The van der Waals surface area contributed by atoms with Crippen LogP contribution in [-0.2, 0) is 10.0 Å². The van der Waals surface area contributed by atoms with Crippen LogP contribution in [-0.4, -0.2) is 18.2 Å². The molecule has 0 saturated heterocycles. The van der Waals surface area contributed by atoms with Gasteiger partial charge in [0.1, 0.15) is 16.4 Å². The molecule has 0 aliphatic heterocycles. The van der Waals surface area contributed by atoms with Crippen LogP contribution >= 0.6 is 11.3 Å². The maximum absolute atomic E-state index is 13.4. The van der Waals surface area contributed by atoms with E-state index in [2.05, 4.69) is 9.82 Å². The van der Waals surface area contributed by atoms with Crippen LogP contribution in [0.2, 0.25) is 0 Å². The second kappa shape index (κ2) is 6.98. The minimum absolute atomic E-state index is 0.0260. The van der Waals surface area contributed by atoms with Crippen molar-refractivity contribution in [3.05, 3.63) is 84.1 Å². The summed E-state index contributed by atoms with van der Waals surface area (Å²) in [5.74, 6) is -0.520. The van der Waals surface area contributed by atoms with Crippen LogP contribution in [0.3, 0.4) is 0 Å². The number of benzene rings is 2. The predicted octanol–water partition coefficient (Wildman–Crippen LogP) is 4.54. The van der Waals surface area contributed by atoms with Crippen molar-refractivity contribution in [1.82, 2.24) is 9.78 Å². The Kier molecular flexibility index (Phi) is 4.51. The zero-order chi connectivity index (χ0) is 18.9. The molecule has 2 aromatic heterocycles. The van der Waals surface area contributed by atoms with Crippen molar-refractivity contribution in [2.75, 3.05) is 4.72 Å². The number of nitrogens with one attached hydrogen (secondary N) is 1. The van der Waals surface area contributed by atoms with Crippen molar-refractivity contribution in [2.24, 2.45) is 0 Å². The molecule has 5 nitrogen and oxygen atoms in total. The summed E-state index contributed by atoms with van der Waals surface area (Å²) in [5, 5.41) is 6.34. The predicted molar refractivity (Wildman–Crippen MR) is 104 cm³/mol. The van der Waals surface area contributed by atoms with Crippen LogP contribution in [0.1, 0.15) is 0 Å². The lowest BCUT2D eigenvalue weighted by Crippen LogP contribution is -2.13. The number of para-hydroxylation sites is 1. The Morgan fingerprint density at radius 3 is 2.52 bits per heavy atom. The van der Waals surface area contributed by atoms with Gasteiger partial charge in [0.25, 0.3) is 10.0 Å². The molecule has 0 fully saturated rings. The molecule has 0 aliphatic rings. The number of hydrogen-bond acceptors (Lipinski definition) is 4. The Morgan fingerprint density at radius 2 is 1.81 bits per heavy atom. The van der Waals surface area contributed by atoms with E-state index in [9.17, 15) is 12.8 Å². The number of thiophene rings is 1. The Hall–Kier alpha value is -2.97. The minimum Gasteiger partial charge on any atom is -0.279 e. The van der Waals surface area contributed by atoms with Gasteiger partial charge in [-0.15, -0.1) is 11.3 Å². The first-order valence-electron chi connectivity index (χ1n) is 8.00. The van der Waals surface area contributed by atoms with Gasteiger partial charge in [-0.3, -0.25) is 4.72 Å². The maximum atomic E-state index is 13.4. The highest BCUT2D eigenvalue weighted by atomic mass is 32.2. The highest BCUT2D eigenvalue weighted by Gasteiger charge is 2.25. The molecule has 136 valence electrons. The molecule has 0 aliphatic carbocycles. The number of anilines is 1. The summed E-state index contributed by atoms with van der Waals surface area (Å²) in [7, 11) is -3.97. The number of rotatable bonds is 5. The molecular weight excluding hydrogens is 385 g/mol. The molecule has 0 saturated carbocycles. The molecule has 2 aromatic carbocycles. The van der Waals surface area contributed by atoms with Crippen molar-refractivity contribution in [3.63, 3.8) is 0 Å². The third-order valence-electron chi connectivity index (χ3n) is 3.82.